The molecule has 0 aliphatic rings. The van der Waals surface area contributed by atoms with Gasteiger partial charge in [-0.2, -0.15) is 0 Å². The SMILES string of the molecule is CC(O)CNc1ncnc2ccc(N)cc12. The van der Waals surface area contributed by atoms with Gasteiger partial charge in [0.2, 0.25) is 0 Å². The lowest BCUT2D eigenvalue weighted by molar-refractivity contribution is 0.208. The van der Waals surface area contributed by atoms with E-state index in [9.17, 15) is 5.11 Å². The highest BCUT2D eigenvalue weighted by Crippen LogP contribution is 2.21. The van der Waals surface area contributed by atoms with E-state index in [1.807, 2.05) is 12.1 Å². The summed E-state index contributed by atoms with van der Waals surface area (Å²) >= 11 is 0. The molecular formula is C11H14N4O. The molecular weight excluding hydrogens is 204 g/mol. The molecule has 1 heterocycles. The summed E-state index contributed by atoms with van der Waals surface area (Å²) in [6.07, 6.45) is 1.06. The van der Waals surface area contributed by atoms with Crippen LogP contribution in [-0.2, 0) is 0 Å². The molecule has 1 aromatic carbocycles. The molecule has 5 heteroatoms. The van der Waals surface area contributed by atoms with E-state index >= 15 is 0 Å². The molecule has 0 saturated heterocycles. The molecule has 2 aromatic rings. The highest BCUT2D eigenvalue weighted by atomic mass is 16.3. The van der Waals surface area contributed by atoms with Crippen molar-refractivity contribution in [1.29, 1.82) is 0 Å². The maximum Gasteiger partial charge on any atom is 0.137 e. The largest absolute Gasteiger partial charge is 0.399 e. The van der Waals surface area contributed by atoms with Crippen LogP contribution in [0, 0.1) is 0 Å². The van der Waals surface area contributed by atoms with Gasteiger partial charge in [0.15, 0.2) is 0 Å². The van der Waals surface area contributed by atoms with Crippen LogP contribution >= 0.6 is 0 Å². The second-order valence-electron chi connectivity index (χ2n) is 3.73. The third-order valence-corrected chi connectivity index (χ3v) is 2.22. The van der Waals surface area contributed by atoms with E-state index in [1.54, 1.807) is 13.0 Å². The van der Waals surface area contributed by atoms with Gasteiger partial charge in [0.1, 0.15) is 12.1 Å². The molecule has 0 amide bonds. The second kappa shape index (κ2) is 4.32. The number of benzene rings is 1. The number of nitrogens with zero attached hydrogens (tertiary/aromatic N) is 2. The van der Waals surface area contributed by atoms with Crippen LogP contribution in [0.3, 0.4) is 0 Å². The van der Waals surface area contributed by atoms with Crippen LogP contribution in [0.15, 0.2) is 24.5 Å². The summed E-state index contributed by atoms with van der Waals surface area (Å²) in [6, 6.07) is 5.47. The van der Waals surface area contributed by atoms with Crippen molar-refractivity contribution in [2.75, 3.05) is 17.6 Å². The lowest BCUT2D eigenvalue weighted by Gasteiger charge is -2.09. The van der Waals surface area contributed by atoms with Gasteiger partial charge < -0.3 is 16.2 Å². The first-order chi connectivity index (χ1) is 7.66. The van der Waals surface area contributed by atoms with E-state index in [1.165, 1.54) is 6.33 Å². The number of aromatic nitrogens is 2. The van der Waals surface area contributed by atoms with Gasteiger partial charge >= 0.3 is 0 Å². The van der Waals surface area contributed by atoms with Crippen molar-refractivity contribution in [3.8, 4) is 0 Å². The minimum Gasteiger partial charge on any atom is -0.399 e. The fourth-order valence-electron chi connectivity index (χ4n) is 1.46. The highest BCUT2D eigenvalue weighted by molar-refractivity contribution is 5.91. The van der Waals surface area contributed by atoms with Crippen LogP contribution in [0.25, 0.3) is 10.9 Å². The van der Waals surface area contributed by atoms with Crippen molar-refractivity contribution in [3.63, 3.8) is 0 Å². The zero-order valence-electron chi connectivity index (χ0n) is 9.01. The highest BCUT2D eigenvalue weighted by Gasteiger charge is 2.04. The topological polar surface area (TPSA) is 84.1 Å². The Labute approximate surface area is 93.3 Å². The fourth-order valence-corrected chi connectivity index (χ4v) is 1.46. The standard InChI is InChI=1S/C11H14N4O/c1-7(16)5-13-11-9-4-8(12)2-3-10(9)14-6-15-11/h2-4,6-7,16H,5,12H2,1H3,(H,13,14,15). The van der Waals surface area contributed by atoms with E-state index in [2.05, 4.69) is 15.3 Å². The number of hydrogen-bond donors (Lipinski definition) is 3. The van der Waals surface area contributed by atoms with Crippen molar-refractivity contribution < 1.29 is 5.11 Å². The first-order valence-corrected chi connectivity index (χ1v) is 5.09. The third-order valence-electron chi connectivity index (χ3n) is 2.22. The van der Waals surface area contributed by atoms with Crippen molar-refractivity contribution in [2.24, 2.45) is 0 Å². The lowest BCUT2D eigenvalue weighted by Crippen LogP contribution is -2.16. The van der Waals surface area contributed by atoms with Gasteiger partial charge in [-0.05, 0) is 25.1 Å². The average Bonchev–Trinajstić information content (AvgIpc) is 2.26. The Balaban J connectivity index is 2.40. The van der Waals surface area contributed by atoms with Crippen LogP contribution in [-0.4, -0.2) is 27.7 Å². The number of nitrogen functional groups attached to an aromatic ring is 1. The van der Waals surface area contributed by atoms with Crippen LogP contribution < -0.4 is 11.1 Å². The van der Waals surface area contributed by atoms with E-state index in [-0.39, 0.29) is 0 Å². The van der Waals surface area contributed by atoms with Gasteiger partial charge in [-0.25, -0.2) is 9.97 Å². The van der Waals surface area contributed by atoms with E-state index < -0.39 is 6.10 Å². The molecule has 0 aliphatic heterocycles. The molecule has 0 fully saturated rings. The van der Waals surface area contributed by atoms with Crippen molar-refractivity contribution >= 4 is 22.4 Å². The quantitative estimate of drug-likeness (QED) is 0.669. The molecule has 84 valence electrons. The predicted molar refractivity (Wildman–Crippen MR) is 64.1 cm³/mol. The van der Waals surface area contributed by atoms with Gasteiger partial charge in [-0.1, -0.05) is 0 Å². The van der Waals surface area contributed by atoms with Crippen LogP contribution in [0.2, 0.25) is 0 Å². The molecule has 1 unspecified atom stereocenters. The number of aliphatic hydroxyl groups is 1. The number of anilines is 2. The van der Waals surface area contributed by atoms with E-state index in [4.69, 9.17) is 5.73 Å². The number of rotatable bonds is 3. The first kappa shape index (κ1) is 10.6. The molecule has 0 spiro atoms. The molecule has 1 atom stereocenters. The zero-order chi connectivity index (χ0) is 11.5. The van der Waals surface area contributed by atoms with E-state index in [0.717, 1.165) is 10.9 Å². The normalized spacial score (nSPS) is 12.6. The molecule has 0 aliphatic carbocycles. The first-order valence-electron chi connectivity index (χ1n) is 5.09. The summed E-state index contributed by atoms with van der Waals surface area (Å²) in [5.74, 6) is 0.693. The fraction of sp³-hybridized carbons (Fsp3) is 0.273. The third kappa shape index (κ3) is 2.20. The summed E-state index contributed by atoms with van der Waals surface area (Å²) in [7, 11) is 0. The maximum atomic E-state index is 9.21. The van der Waals surface area contributed by atoms with Gasteiger partial charge in [0.05, 0.1) is 11.6 Å². The number of nitrogens with two attached hydrogens (primary N) is 1. The number of hydrogen-bond acceptors (Lipinski definition) is 5. The van der Waals surface area contributed by atoms with E-state index in [0.29, 0.717) is 18.1 Å². The molecule has 0 saturated carbocycles. The van der Waals surface area contributed by atoms with Crippen molar-refractivity contribution in [3.05, 3.63) is 24.5 Å². The number of fused-ring (bicyclic) bond motifs is 1. The van der Waals surface area contributed by atoms with Crippen molar-refractivity contribution in [1.82, 2.24) is 9.97 Å². The maximum absolute atomic E-state index is 9.21. The Hall–Kier alpha value is -1.88. The summed E-state index contributed by atoms with van der Waals surface area (Å²) < 4.78 is 0. The summed E-state index contributed by atoms with van der Waals surface area (Å²) in [5, 5.41) is 13.1. The van der Waals surface area contributed by atoms with Gasteiger partial charge in [-0.3, -0.25) is 0 Å². The van der Waals surface area contributed by atoms with Gasteiger partial charge in [-0.15, -0.1) is 0 Å². The van der Waals surface area contributed by atoms with Crippen LogP contribution in [0.1, 0.15) is 6.92 Å². The summed E-state index contributed by atoms with van der Waals surface area (Å²) in [5.41, 5.74) is 7.22. The molecule has 16 heavy (non-hydrogen) atoms. The van der Waals surface area contributed by atoms with Gasteiger partial charge in [0, 0.05) is 17.6 Å². The Bertz CT molecular complexity index is 498. The Kier molecular flexibility index (Phi) is 2.87. The predicted octanol–water partition coefficient (Wildman–Crippen LogP) is 1.00. The van der Waals surface area contributed by atoms with Crippen LogP contribution in [0.4, 0.5) is 11.5 Å². The number of aliphatic hydroxyl groups excluding tert-OH is 1. The van der Waals surface area contributed by atoms with Crippen LogP contribution in [0.5, 0.6) is 0 Å². The Morgan fingerprint density at radius 1 is 1.44 bits per heavy atom. The lowest BCUT2D eigenvalue weighted by atomic mass is 10.2. The Morgan fingerprint density at radius 3 is 3.00 bits per heavy atom. The molecule has 0 bridgehead atoms. The molecule has 4 N–H and O–H groups in total. The minimum atomic E-state index is -0.425. The Morgan fingerprint density at radius 2 is 2.25 bits per heavy atom. The van der Waals surface area contributed by atoms with Crippen molar-refractivity contribution in [2.45, 2.75) is 13.0 Å². The molecule has 0 radical (unpaired) electrons. The minimum absolute atomic E-state index is 0.425. The zero-order valence-corrected chi connectivity index (χ0v) is 9.01. The molecule has 1 aromatic heterocycles. The monoisotopic (exact) mass is 218 g/mol. The number of nitrogens with one attached hydrogen (secondary N) is 1. The molecule has 2 rings (SSSR count). The van der Waals surface area contributed by atoms with Gasteiger partial charge in [0.25, 0.3) is 0 Å². The smallest absolute Gasteiger partial charge is 0.137 e. The second-order valence-corrected chi connectivity index (χ2v) is 3.73. The summed E-state index contributed by atoms with van der Waals surface area (Å²) in [6.45, 7) is 2.16. The summed E-state index contributed by atoms with van der Waals surface area (Å²) in [4.78, 5) is 8.27. The molecule has 5 nitrogen and oxygen atoms in total. The average molecular weight is 218 g/mol.